The van der Waals surface area contributed by atoms with Crippen molar-refractivity contribution in [1.29, 1.82) is 0 Å². The number of nitrogens with two attached hydrogens (primary N) is 1. The summed E-state index contributed by atoms with van der Waals surface area (Å²) < 4.78 is 28.4. The molecule has 0 spiro atoms. The van der Waals surface area contributed by atoms with Gasteiger partial charge in [-0.2, -0.15) is 4.31 Å². The van der Waals surface area contributed by atoms with Crippen molar-refractivity contribution < 1.29 is 8.42 Å². The molecule has 0 amide bonds. The van der Waals surface area contributed by atoms with E-state index in [0.29, 0.717) is 34.7 Å². The lowest BCUT2D eigenvalue weighted by Crippen LogP contribution is -2.48. The predicted octanol–water partition coefficient (Wildman–Crippen LogP) is 3.06. The average molecular weight is 345 g/mol. The van der Waals surface area contributed by atoms with Crippen molar-refractivity contribution in [3.63, 3.8) is 0 Å². The minimum Gasteiger partial charge on any atom is -0.328 e. The van der Waals surface area contributed by atoms with Crippen molar-refractivity contribution in [3.05, 3.63) is 28.6 Å². The van der Waals surface area contributed by atoms with Crippen molar-refractivity contribution in [2.75, 3.05) is 6.54 Å². The van der Waals surface area contributed by atoms with Gasteiger partial charge in [-0.3, -0.25) is 0 Å². The lowest BCUT2D eigenvalue weighted by atomic mass is 10.0. The Labute approximate surface area is 133 Å². The molecule has 1 aromatic carbocycles. The molecule has 1 saturated heterocycles. The summed E-state index contributed by atoms with van der Waals surface area (Å²) in [5.41, 5.74) is 5.92. The second-order valence-electron chi connectivity index (χ2n) is 5.49. The zero-order valence-corrected chi connectivity index (χ0v) is 14.0. The molecule has 2 aromatic rings. The Hall–Kier alpha value is -0.660. The van der Waals surface area contributed by atoms with Crippen LogP contribution in [0.15, 0.2) is 28.5 Å². The summed E-state index contributed by atoms with van der Waals surface area (Å²) in [6.45, 7) is 2.39. The molecule has 114 valence electrons. The highest BCUT2D eigenvalue weighted by molar-refractivity contribution is 7.89. The highest BCUT2D eigenvalue weighted by Crippen LogP contribution is 2.35. The van der Waals surface area contributed by atoms with E-state index in [4.69, 9.17) is 17.3 Å². The minimum absolute atomic E-state index is 0.0760. The van der Waals surface area contributed by atoms with E-state index in [-0.39, 0.29) is 12.1 Å². The van der Waals surface area contributed by atoms with Gasteiger partial charge in [-0.05, 0) is 38.0 Å². The number of nitrogens with zero attached hydrogens (tertiary/aromatic N) is 1. The van der Waals surface area contributed by atoms with Crippen LogP contribution in [0.5, 0.6) is 0 Å². The quantitative estimate of drug-likeness (QED) is 0.910. The van der Waals surface area contributed by atoms with E-state index in [2.05, 4.69) is 0 Å². The molecule has 1 fully saturated rings. The van der Waals surface area contributed by atoms with Crippen molar-refractivity contribution in [3.8, 4) is 0 Å². The number of fused-ring (bicyclic) bond motifs is 1. The normalized spacial score (nSPS) is 24.5. The van der Waals surface area contributed by atoms with Gasteiger partial charge in [-0.1, -0.05) is 11.6 Å². The Kier molecular flexibility index (Phi) is 4.00. The summed E-state index contributed by atoms with van der Waals surface area (Å²) in [5, 5.41) is 2.96. The number of halogens is 1. The van der Waals surface area contributed by atoms with E-state index in [1.807, 2.05) is 13.0 Å². The molecule has 2 atom stereocenters. The van der Waals surface area contributed by atoms with Gasteiger partial charge in [0.2, 0.25) is 10.0 Å². The lowest BCUT2D eigenvalue weighted by molar-refractivity contribution is 0.247. The number of sulfonamides is 1. The number of rotatable bonds is 2. The molecule has 1 aliphatic heterocycles. The maximum atomic E-state index is 12.9. The van der Waals surface area contributed by atoms with Crippen LogP contribution in [0, 0.1) is 0 Å². The fourth-order valence-electron chi connectivity index (χ4n) is 2.85. The summed E-state index contributed by atoms with van der Waals surface area (Å²) in [6, 6.07) is 5.37. The smallest absolute Gasteiger partial charge is 0.244 e. The molecule has 0 saturated carbocycles. The highest BCUT2D eigenvalue weighted by atomic mass is 35.5. The van der Waals surface area contributed by atoms with Gasteiger partial charge < -0.3 is 5.73 Å². The van der Waals surface area contributed by atoms with Crippen LogP contribution >= 0.6 is 22.9 Å². The van der Waals surface area contributed by atoms with Gasteiger partial charge in [0.25, 0.3) is 0 Å². The van der Waals surface area contributed by atoms with Crippen LogP contribution in [0.3, 0.4) is 0 Å². The average Bonchev–Trinajstić information content (AvgIpc) is 2.81. The molecule has 0 unspecified atom stereocenters. The van der Waals surface area contributed by atoms with Crippen molar-refractivity contribution in [1.82, 2.24) is 4.31 Å². The SMILES string of the molecule is C[C@H]1C[C@@H](N)CCN1S(=O)(=O)c1csc2ccc(Cl)cc12. The second-order valence-corrected chi connectivity index (χ2v) is 8.70. The van der Waals surface area contributed by atoms with E-state index in [1.165, 1.54) is 11.3 Å². The van der Waals surface area contributed by atoms with E-state index in [9.17, 15) is 8.42 Å². The summed E-state index contributed by atoms with van der Waals surface area (Å²) in [7, 11) is -3.51. The predicted molar refractivity (Wildman–Crippen MR) is 87.4 cm³/mol. The number of hydrogen-bond acceptors (Lipinski definition) is 4. The van der Waals surface area contributed by atoms with E-state index in [1.54, 1.807) is 21.8 Å². The first kappa shape index (κ1) is 15.2. The molecule has 7 heteroatoms. The number of thiophene rings is 1. The summed E-state index contributed by atoms with van der Waals surface area (Å²) in [6.07, 6.45) is 1.40. The Bertz CT molecular complexity index is 772. The van der Waals surface area contributed by atoms with Gasteiger partial charge in [0.1, 0.15) is 4.90 Å². The lowest BCUT2D eigenvalue weighted by Gasteiger charge is -2.35. The molecule has 3 rings (SSSR count). The van der Waals surface area contributed by atoms with E-state index < -0.39 is 10.0 Å². The Morgan fingerprint density at radius 3 is 2.90 bits per heavy atom. The number of piperidine rings is 1. The third kappa shape index (κ3) is 2.71. The van der Waals surface area contributed by atoms with E-state index in [0.717, 1.165) is 4.70 Å². The van der Waals surface area contributed by atoms with Crippen LogP contribution in [0.2, 0.25) is 5.02 Å². The van der Waals surface area contributed by atoms with Crippen LogP contribution in [0.4, 0.5) is 0 Å². The van der Waals surface area contributed by atoms with Crippen LogP contribution in [-0.4, -0.2) is 31.4 Å². The van der Waals surface area contributed by atoms with Gasteiger partial charge in [-0.15, -0.1) is 11.3 Å². The fraction of sp³-hybridized carbons (Fsp3) is 0.429. The maximum absolute atomic E-state index is 12.9. The molecule has 2 heterocycles. The first-order valence-corrected chi connectivity index (χ1v) is 9.53. The highest BCUT2D eigenvalue weighted by Gasteiger charge is 2.34. The monoisotopic (exact) mass is 344 g/mol. The van der Waals surface area contributed by atoms with Crippen LogP contribution in [0.25, 0.3) is 10.1 Å². The van der Waals surface area contributed by atoms with Gasteiger partial charge in [0.15, 0.2) is 0 Å². The maximum Gasteiger partial charge on any atom is 0.244 e. The third-order valence-corrected chi connectivity index (χ3v) is 7.34. The molecule has 1 aromatic heterocycles. The Morgan fingerprint density at radius 2 is 2.19 bits per heavy atom. The molecular formula is C14H17ClN2O2S2. The third-order valence-electron chi connectivity index (χ3n) is 3.94. The zero-order valence-electron chi connectivity index (χ0n) is 11.6. The van der Waals surface area contributed by atoms with Gasteiger partial charge in [0.05, 0.1) is 0 Å². The first-order valence-electron chi connectivity index (χ1n) is 6.84. The molecule has 21 heavy (non-hydrogen) atoms. The Balaban J connectivity index is 2.06. The molecular weight excluding hydrogens is 328 g/mol. The molecule has 2 N–H and O–H groups in total. The largest absolute Gasteiger partial charge is 0.328 e. The molecule has 1 aliphatic rings. The van der Waals surface area contributed by atoms with Gasteiger partial charge in [0, 0.05) is 39.1 Å². The molecule has 4 nitrogen and oxygen atoms in total. The van der Waals surface area contributed by atoms with Crippen molar-refractivity contribution in [2.45, 2.75) is 36.7 Å². The molecule has 0 aliphatic carbocycles. The molecule has 0 bridgehead atoms. The second kappa shape index (κ2) is 5.52. The van der Waals surface area contributed by atoms with Crippen molar-refractivity contribution in [2.24, 2.45) is 5.73 Å². The minimum atomic E-state index is -3.51. The summed E-state index contributed by atoms with van der Waals surface area (Å²) in [5.74, 6) is 0. The number of hydrogen-bond donors (Lipinski definition) is 1. The van der Waals surface area contributed by atoms with Crippen LogP contribution < -0.4 is 5.73 Å². The van der Waals surface area contributed by atoms with Crippen molar-refractivity contribution >= 4 is 43.0 Å². The Morgan fingerprint density at radius 1 is 1.43 bits per heavy atom. The van der Waals surface area contributed by atoms with Gasteiger partial charge >= 0.3 is 0 Å². The molecule has 0 radical (unpaired) electrons. The number of benzene rings is 1. The van der Waals surface area contributed by atoms with E-state index >= 15 is 0 Å². The topological polar surface area (TPSA) is 63.4 Å². The summed E-state index contributed by atoms with van der Waals surface area (Å²) in [4.78, 5) is 0.354. The first-order chi connectivity index (χ1) is 9.89. The van der Waals surface area contributed by atoms with Crippen LogP contribution in [0.1, 0.15) is 19.8 Å². The van der Waals surface area contributed by atoms with Crippen LogP contribution in [-0.2, 0) is 10.0 Å². The van der Waals surface area contributed by atoms with Gasteiger partial charge in [-0.25, -0.2) is 8.42 Å². The standard InChI is InChI=1S/C14H17ClN2O2S2/c1-9-6-11(16)4-5-17(9)21(18,19)14-8-20-13-3-2-10(15)7-12(13)14/h2-3,7-9,11H,4-6,16H2,1H3/t9-,11-/m0/s1. The summed E-state index contributed by atoms with van der Waals surface area (Å²) >= 11 is 7.44. The fourth-order valence-corrected chi connectivity index (χ4v) is 6.12. The zero-order chi connectivity index (χ0) is 15.2.